The van der Waals surface area contributed by atoms with Crippen molar-refractivity contribution in [3.05, 3.63) is 64.8 Å². The second-order valence-corrected chi connectivity index (χ2v) is 7.93. The summed E-state index contributed by atoms with van der Waals surface area (Å²) in [5, 5.41) is 6.61. The minimum Gasteiger partial charge on any atom is -0.497 e. The van der Waals surface area contributed by atoms with Crippen molar-refractivity contribution in [2.45, 2.75) is 33.6 Å². The van der Waals surface area contributed by atoms with Gasteiger partial charge in [0, 0.05) is 17.8 Å². The molecule has 6 nitrogen and oxygen atoms in total. The first-order valence-electron chi connectivity index (χ1n) is 10.1. The number of methoxy groups -OCH3 is 1. The molecule has 0 amide bonds. The zero-order valence-corrected chi connectivity index (χ0v) is 17.7. The molecular weight excluding hydrogens is 376 g/mol. The summed E-state index contributed by atoms with van der Waals surface area (Å²) in [6, 6.07) is 13.7. The summed E-state index contributed by atoms with van der Waals surface area (Å²) in [5.74, 6) is 2.14. The van der Waals surface area contributed by atoms with Crippen LogP contribution in [-0.4, -0.2) is 22.9 Å². The molecule has 6 heteroatoms. The van der Waals surface area contributed by atoms with E-state index in [-0.39, 0.29) is 11.7 Å². The third kappa shape index (κ3) is 4.13. The van der Waals surface area contributed by atoms with Gasteiger partial charge in [-0.2, -0.15) is 4.98 Å². The highest BCUT2D eigenvalue weighted by Gasteiger charge is 2.28. The molecule has 0 saturated carbocycles. The van der Waals surface area contributed by atoms with Gasteiger partial charge in [0.25, 0.3) is 0 Å². The van der Waals surface area contributed by atoms with Crippen LogP contribution in [0.5, 0.6) is 5.75 Å². The second kappa shape index (κ2) is 8.14. The first-order chi connectivity index (χ1) is 14.4. The van der Waals surface area contributed by atoms with Gasteiger partial charge in [-0.25, -0.2) is 4.98 Å². The Hall–Kier alpha value is -3.41. The summed E-state index contributed by atoms with van der Waals surface area (Å²) >= 11 is 0. The predicted molar refractivity (Wildman–Crippen MR) is 119 cm³/mol. The van der Waals surface area contributed by atoms with Crippen LogP contribution in [0.2, 0.25) is 0 Å². The van der Waals surface area contributed by atoms with Gasteiger partial charge in [-0.3, -0.25) is 4.79 Å². The summed E-state index contributed by atoms with van der Waals surface area (Å²) in [6.07, 6.45) is 1.26. The molecule has 154 valence electrons. The van der Waals surface area contributed by atoms with Crippen molar-refractivity contribution in [2.24, 2.45) is 5.92 Å². The molecule has 1 atom stereocenters. The molecule has 30 heavy (non-hydrogen) atoms. The molecule has 1 heterocycles. The van der Waals surface area contributed by atoms with Gasteiger partial charge in [-0.15, -0.1) is 0 Å². The Morgan fingerprint density at radius 2 is 1.67 bits per heavy atom. The van der Waals surface area contributed by atoms with Gasteiger partial charge in [-0.05, 0) is 73.7 Å². The fourth-order valence-corrected chi connectivity index (χ4v) is 3.67. The smallest absolute Gasteiger partial charge is 0.229 e. The van der Waals surface area contributed by atoms with Crippen LogP contribution in [0.3, 0.4) is 0 Å². The first-order valence-corrected chi connectivity index (χ1v) is 10.1. The quantitative estimate of drug-likeness (QED) is 0.599. The minimum absolute atomic E-state index is 0.0810. The topological polar surface area (TPSA) is 76.1 Å². The molecule has 0 radical (unpaired) electrons. The summed E-state index contributed by atoms with van der Waals surface area (Å²) in [4.78, 5) is 22.1. The Kier molecular flexibility index (Phi) is 5.40. The van der Waals surface area contributed by atoms with Crippen molar-refractivity contribution in [1.29, 1.82) is 0 Å². The van der Waals surface area contributed by atoms with Gasteiger partial charge in [0.2, 0.25) is 5.95 Å². The number of hydrogen-bond donors (Lipinski definition) is 2. The number of fused-ring (bicyclic) bond motifs is 1. The Morgan fingerprint density at radius 1 is 0.933 bits per heavy atom. The molecule has 4 rings (SSSR count). The van der Waals surface area contributed by atoms with Gasteiger partial charge >= 0.3 is 0 Å². The van der Waals surface area contributed by atoms with Crippen LogP contribution in [0.4, 0.5) is 23.1 Å². The fourth-order valence-electron chi connectivity index (χ4n) is 3.67. The maximum atomic E-state index is 12.8. The molecule has 2 N–H and O–H groups in total. The lowest BCUT2D eigenvalue weighted by atomic mass is 9.87. The van der Waals surface area contributed by atoms with E-state index in [1.54, 1.807) is 7.11 Å². The van der Waals surface area contributed by atoms with Crippen molar-refractivity contribution >= 4 is 28.9 Å². The Bertz CT molecular complexity index is 1090. The van der Waals surface area contributed by atoms with E-state index in [2.05, 4.69) is 53.5 Å². The van der Waals surface area contributed by atoms with Crippen molar-refractivity contribution in [3.8, 4) is 5.75 Å². The Balaban J connectivity index is 1.72. The van der Waals surface area contributed by atoms with E-state index < -0.39 is 0 Å². The fraction of sp³-hybridized carbons (Fsp3) is 0.292. The zero-order valence-electron chi connectivity index (χ0n) is 17.7. The van der Waals surface area contributed by atoms with E-state index in [9.17, 15) is 4.79 Å². The molecule has 0 bridgehead atoms. The molecule has 3 aromatic rings. The van der Waals surface area contributed by atoms with Crippen molar-refractivity contribution < 1.29 is 9.53 Å². The average Bonchev–Trinajstić information content (AvgIpc) is 2.70. The number of aryl methyl sites for hydroxylation is 2. The number of Topliss-reactive ketones (excluding diaryl/α,β-unsaturated/α-hetero) is 1. The van der Waals surface area contributed by atoms with Crippen molar-refractivity contribution in [1.82, 2.24) is 9.97 Å². The lowest BCUT2D eigenvalue weighted by Gasteiger charge is -2.23. The number of ether oxygens (including phenoxy) is 1. The second-order valence-electron chi connectivity index (χ2n) is 7.93. The number of rotatable bonds is 5. The van der Waals surface area contributed by atoms with Crippen molar-refractivity contribution in [2.75, 3.05) is 17.7 Å². The van der Waals surface area contributed by atoms with Gasteiger partial charge in [0.05, 0.1) is 18.4 Å². The van der Waals surface area contributed by atoms with Crippen LogP contribution in [0, 0.1) is 19.8 Å². The number of benzene rings is 2. The number of carbonyl (C=O) groups excluding carboxylic acids is 1. The Morgan fingerprint density at radius 3 is 2.37 bits per heavy atom. The number of aromatic nitrogens is 2. The summed E-state index contributed by atoms with van der Waals surface area (Å²) in [7, 11) is 1.63. The van der Waals surface area contributed by atoms with Crippen LogP contribution in [0.15, 0.2) is 42.5 Å². The third-order valence-electron chi connectivity index (χ3n) is 5.45. The molecular formula is C24H26N4O2. The summed E-state index contributed by atoms with van der Waals surface area (Å²) in [5.41, 5.74) is 5.56. The summed E-state index contributed by atoms with van der Waals surface area (Å²) in [6.45, 7) is 6.24. The van der Waals surface area contributed by atoms with Gasteiger partial charge in [-0.1, -0.05) is 13.0 Å². The monoisotopic (exact) mass is 402 g/mol. The minimum atomic E-state index is 0.0810. The number of anilines is 4. The molecule has 0 spiro atoms. The van der Waals surface area contributed by atoms with Gasteiger partial charge < -0.3 is 15.4 Å². The number of ketones is 1. The van der Waals surface area contributed by atoms with Crippen LogP contribution in [0.1, 0.15) is 40.5 Å². The molecule has 1 aliphatic carbocycles. The van der Waals surface area contributed by atoms with Crippen LogP contribution >= 0.6 is 0 Å². The third-order valence-corrected chi connectivity index (χ3v) is 5.45. The maximum Gasteiger partial charge on any atom is 0.229 e. The lowest BCUT2D eigenvalue weighted by Crippen LogP contribution is -2.22. The molecule has 1 aliphatic rings. The molecule has 1 aromatic heterocycles. The van der Waals surface area contributed by atoms with Crippen molar-refractivity contribution in [3.63, 3.8) is 0 Å². The number of nitrogens with zero attached hydrogens (tertiary/aromatic N) is 2. The van der Waals surface area contributed by atoms with E-state index in [0.29, 0.717) is 23.8 Å². The van der Waals surface area contributed by atoms with Gasteiger partial charge in [0.15, 0.2) is 5.78 Å². The maximum absolute atomic E-state index is 12.8. The largest absolute Gasteiger partial charge is 0.497 e. The number of nitrogens with one attached hydrogen (secondary N) is 2. The van der Waals surface area contributed by atoms with E-state index in [4.69, 9.17) is 4.74 Å². The lowest BCUT2D eigenvalue weighted by molar-refractivity contribution is 0.0953. The van der Waals surface area contributed by atoms with Crippen LogP contribution < -0.4 is 15.4 Å². The predicted octanol–water partition coefficient (Wildman–Crippen LogP) is 5.35. The van der Waals surface area contributed by atoms with E-state index in [1.165, 1.54) is 11.1 Å². The first kappa shape index (κ1) is 19.9. The molecule has 1 unspecified atom stereocenters. The highest BCUT2D eigenvalue weighted by atomic mass is 16.5. The van der Waals surface area contributed by atoms with E-state index in [0.717, 1.165) is 29.2 Å². The van der Waals surface area contributed by atoms with Crippen LogP contribution in [-0.2, 0) is 6.42 Å². The molecule has 0 saturated heterocycles. The van der Waals surface area contributed by atoms with E-state index in [1.807, 2.05) is 30.3 Å². The van der Waals surface area contributed by atoms with Gasteiger partial charge in [0.1, 0.15) is 11.6 Å². The number of carbonyl (C=O) groups is 1. The van der Waals surface area contributed by atoms with E-state index >= 15 is 0 Å². The standard InChI is InChI=1S/C24H26N4O2/c1-14-11-20-22(21(29)12-14)23(25-17-7-9-19(30-4)10-8-17)28-24(27-20)26-18-6-5-15(2)16(3)13-18/h5-10,13-14H,11-12H2,1-4H3,(H2,25,26,27,28). The SMILES string of the molecule is COc1ccc(Nc2nc(Nc3ccc(C)c(C)c3)nc3c2C(=O)CC(C)C3)cc1. The van der Waals surface area contributed by atoms with Crippen LogP contribution in [0.25, 0.3) is 0 Å². The Labute approximate surface area is 176 Å². The molecule has 0 fully saturated rings. The average molecular weight is 402 g/mol. The zero-order chi connectivity index (χ0) is 21.3. The molecule has 2 aromatic carbocycles. The highest BCUT2D eigenvalue weighted by Crippen LogP contribution is 2.32. The normalized spacial score (nSPS) is 15.5. The number of hydrogen-bond acceptors (Lipinski definition) is 6. The summed E-state index contributed by atoms with van der Waals surface area (Å²) < 4.78 is 5.22. The molecule has 0 aliphatic heterocycles. The highest BCUT2D eigenvalue weighted by molar-refractivity contribution is 6.03.